The van der Waals surface area contributed by atoms with E-state index in [1.807, 2.05) is 6.07 Å². The van der Waals surface area contributed by atoms with Crippen LogP contribution in [0, 0.1) is 13.8 Å². The number of hydrogen-bond donors (Lipinski definition) is 1. The van der Waals surface area contributed by atoms with Gasteiger partial charge in [-0.15, -0.1) is 11.8 Å². The first-order valence-electron chi connectivity index (χ1n) is 10.3. The van der Waals surface area contributed by atoms with Crippen LogP contribution in [-0.2, 0) is 4.79 Å². The Morgan fingerprint density at radius 3 is 2.59 bits per heavy atom. The van der Waals surface area contributed by atoms with Gasteiger partial charge in [0.1, 0.15) is 0 Å². The molecule has 2 heterocycles. The van der Waals surface area contributed by atoms with Gasteiger partial charge in [0, 0.05) is 62.2 Å². The lowest BCUT2D eigenvalue weighted by Crippen LogP contribution is -2.47. The molecule has 7 heteroatoms. The number of carbonyl (C=O) groups is 1. The summed E-state index contributed by atoms with van der Waals surface area (Å²) in [4.78, 5) is 26.6. The Morgan fingerprint density at radius 2 is 1.86 bits per heavy atom. The Balaban J connectivity index is 1.24. The number of anilines is 1. The highest BCUT2D eigenvalue weighted by atomic mass is 32.2. The third-order valence-electron chi connectivity index (χ3n) is 5.26. The van der Waals surface area contributed by atoms with Gasteiger partial charge >= 0.3 is 0 Å². The molecule has 1 aromatic carbocycles. The fourth-order valence-electron chi connectivity index (χ4n) is 3.31. The smallest absolute Gasteiger partial charge is 0.225 e. The molecule has 156 valence electrons. The summed E-state index contributed by atoms with van der Waals surface area (Å²) in [5.74, 6) is 1.78. The summed E-state index contributed by atoms with van der Waals surface area (Å²) in [6, 6.07) is 8.32. The van der Waals surface area contributed by atoms with Crippen LogP contribution < -0.4 is 10.2 Å². The molecular weight excluding hydrogens is 382 g/mol. The number of rotatable bonds is 9. The Hall–Kier alpha value is -2.12. The minimum Gasteiger partial charge on any atom is -0.356 e. The number of carbonyl (C=O) groups excluding carboxylic acids is 1. The number of piperazine rings is 1. The molecule has 1 amide bonds. The number of nitrogens with zero attached hydrogens (tertiary/aromatic N) is 4. The summed E-state index contributed by atoms with van der Waals surface area (Å²) in [6.45, 7) is 9.93. The molecule has 1 aliphatic rings. The number of hydrogen-bond acceptors (Lipinski definition) is 6. The van der Waals surface area contributed by atoms with E-state index in [4.69, 9.17) is 0 Å². The molecule has 1 fully saturated rings. The lowest BCUT2D eigenvalue weighted by atomic mass is 10.1. The van der Waals surface area contributed by atoms with Gasteiger partial charge in [-0.25, -0.2) is 9.97 Å². The van der Waals surface area contributed by atoms with E-state index in [-0.39, 0.29) is 5.91 Å². The van der Waals surface area contributed by atoms with Gasteiger partial charge < -0.3 is 10.2 Å². The number of benzene rings is 1. The van der Waals surface area contributed by atoms with Crippen LogP contribution >= 0.6 is 11.8 Å². The average Bonchev–Trinajstić information content (AvgIpc) is 2.75. The Bertz CT molecular complexity index is 778. The molecule has 0 spiro atoms. The van der Waals surface area contributed by atoms with E-state index < -0.39 is 0 Å². The summed E-state index contributed by atoms with van der Waals surface area (Å²) in [6.07, 6.45) is 5.13. The topological polar surface area (TPSA) is 61.4 Å². The van der Waals surface area contributed by atoms with Crippen LogP contribution in [0.4, 0.5) is 5.95 Å². The van der Waals surface area contributed by atoms with Crippen molar-refractivity contribution in [1.29, 1.82) is 0 Å². The van der Waals surface area contributed by atoms with Gasteiger partial charge in [0.15, 0.2) is 0 Å². The highest BCUT2D eigenvalue weighted by molar-refractivity contribution is 7.99. The van der Waals surface area contributed by atoms with Crippen LogP contribution in [0.1, 0.15) is 24.0 Å². The van der Waals surface area contributed by atoms with E-state index >= 15 is 0 Å². The molecule has 0 radical (unpaired) electrons. The largest absolute Gasteiger partial charge is 0.356 e. The van der Waals surface area contributed by atoms with Gasteiger partial charge in [0.05, 0.1) is 0 Å². The first kappa shape index (κ1) is 21.6. The van der Waals surface area contributed by atoms with Gasteiger partial charge in [-0.2, -0.15) is 0 Å². The normalized spacial score (nSPS) is 14.8. The molecule has 6 nitrogen and oxygen atoms in total. The maximum atomic E-state index is 12.0. The first-order valence-corrected chi connectivity index (χ1v) is 11.3. The van der Waals surface area contributed by atoms with Crippen LogP contribution in [-0.4, -0.2) is 65.8 Å². The monoisotopic (exact) mass is 413 g/mol. The Kier molecular flexibility index (Phi) is 8.31. The highest BCUT2D eigenvalue weighted by Crippen LogP contribution is 2.21. The molecule has 29 heavy (non-hydrogen) atoms. The van der Waals surface area contributed by atoms with E-state index in [9.17, 15) is 4.79 Å². The molecule has 0 unspecified atom stereocenters. The maximum Gasteiger partial charge on any atom is 0.225 e. The summed E-state index contributed by atoms with van der Waals surface area (Å²) in [5.41, 5.74) is 2.61. The van der Waals surface area contributed by atoms with Crippen LogP contribution in [0.15, 0.2) is 41.6 Å². The van der Waals surface area contributed by atoms with E-state index in [1.54, 1.807) is 24.2 Å². The van der Waals surface area contributed by atoms with Crippen LogP contribution in [0.2, 0.25) is 0 Å². The molecule has 1 aliphatic heterocycles. The van der Waals surface area contributed by atoms with Crippen molar-refractivity contribution in [1.82, 2.24) is 20.2 Å². The van der Waals surface area contributed by atoms with E-state index in [0.29, 0.717) is 6.42 Å². The Labute approximate surface area is 178 Å². The average molecular weight is 414 g/mol. The molecule has 0 bridgehead atoms. The van der Waals surface area contributed by atoms with E-state index in [0.717, 1.165) is 57.4 Å². The van der Waals surface area contributed by atoms with E-state index in [2.05, 4.69) is 57.1 Å². The SMILES string of the molecule is Cc1ccc(SCCC(=O)NCCCN2CCN(c3ncccn3)CC2)cc1C. The number of aryl methyl sites for hydroxylation is 2. The second kappa shape index (κ2) is 11.2. The summed E-state index contributed by atoms with van der Waals surface area (Å²) >= 11 is 1.75. The highest BCUT2D eigenvalue weighted by Gasteiger charge is 2.18. The predicted molar refractivity (Wildman–Crippen MR) is 120 cm³/mol. The quantitative estimate of drug-likeness (QED) is 0.504. The van der Waals surface area contributed by atoms with Crippen molar-refractivity contribution in [2.75, 3.05) is 49.9 Å². The lowest BCUT2D eigenvalue weighted by molar-refractivity contribution is -0.120. The molecule has 1 saturated heterocycles. The number of amides is 1. The maximum absolute atomic E-state index is 12.0. The first-order chi connectivity index (χ1) is 14.1. The Morgan fingerprint density at radius 1 is 1.10 bits per heavy atom. The third kappa shape index (κ3) is 7.01. The summed E-state index contributed by atoms with van der Waals surface area (Å²) < 4.78 is 0. The molecular formula is C22H31N5OS. The molecule has 3 rings (SSSR count). The van der Waals surface area contributed by atoms with Crippen molar-refractivity contribution in [3.63, 3.8) is 0 Å². The van der Waals surface area contributed by atoms with Gasteiger partial charge in [-0.05, 0) is 56.1 Å². The summed E-state index contributed by atoms with van der Waals surface area (Å²) in [7, 11) is 0. The van der Waals surface area contributed by atoms with Gasteiger partial charge in [-0.1, -0.05) is 6.07 Å². The molecule has 0 aliphatic carbocycles. The minimum absolute atomic E-state index is 0.146. The fraction of sp³-hybridized carbons (Fsp3) is 0.500. The number of nitrogens with one attached hydrogen (secondary N) is 1. The van der Waals surface area contributed by atoms with Crippen molar-refractivity contribution in [3.8, 4) is 0 Å². The fourth-order valence-corrected chi connectivity index (χ4v) is 4.26. The molecule has 0 atom stereocenters. The number of aromatic nitrogens is 2. The van der Waals surface area contributed by atoms with Crippen LogP contribution in [0.3, 0.4) is 0 Å². The molecule has 0 saturated carbocycles. The van der Waals surface area contributed by atoms with E-state index in [1.165, 1.54) is 16.0 Å². The van der Waals surface area contributed by atoms with Crippen molar-refractivity contribution < 1.29 is 4.79 Å². The standard InChI is InChI=1S/C22H31N5OS/c1-18-5-6-20(17-19(18)2)29-16-7-21(28)23-10-4-11-26-12-14-27(15-13-26)22-24-8-3-9-25-22/h3,5-6,8-9,17H,4,7,10-16H2,1-2H3,(H,23,28). The molecule has 1 N–H and O–H groups in total. The summed E-state index contributed by atoms with van der Waals surface area (Å²) in [5, 5.41) is 3.05. The second-order valence-corrected chi connectivity index (χ2v) is 8.59. The molecule has 2 aromatic rings. The van der Waals surface area contributed by atoms with Gasteiger partial charge in [-0.3, -0.25) is 9.69 Å². The third-order valence-corrected chi connectivity index (χ3v) is 6.25. The second-order valence-electron chi connectivity index (χ2n) is 7.43. The number of thioether (sulfide) groups is 1. The zero-order valence-corrected chi connectivity index (χ0v) is 18.2. The lowest BCUT2D eigenvalue weighted by Gasteiger charge is -2.34. The van der Waals surface area contributed by atoms with Crippen LogP contribution in [0.25, 0.3) is 0 Å². The molecule has 1 aromatic heterocycles. The van der Waals surface area contributed by atoms with Crippen LogP contribution in [0.5, 0.6) is 0 Å². The zero-order chi connectivity index (χ0) is 20.5. The van der Waals surface area contributed by atoms with Gasteiger partial charge in [0.2, 0.25) is 11.9 Å². The minimum atomic E-state index is 0.146. The van der Waals surface area contributed by atoms with Crippen molar-refractivity contribution in [2.45, 2.75) is 31.6 Å². The zero-order valence-electron chi connectivity index (χ0n) is 17.4. The van der Waals surface area contributed by atoms with Gasteiger partial charge in [0.25, 0.3) is 0 Å². The van der Waals surface area contributed by atoms with Crippen molar-refractivity contribution >= 4 is 23.6 Å². The predicted octanol–water partition coefficient (Wildman–Crippen LogP) is 2.90. The van der Waals surface area contributed by atoms with Crippen molar-refractivity contribution in [2.24, 2.45) is 0 Å². The van der Waals surface area contributed by atoms with Crippen molar-refractivity contribution in [3.05, 3.63) is 47.8 Å².